The Morgan fingerprint density at radius 2 is 1.67 bits per heavy atom. The van der Waals surface area contributed by atoms with Gasteiger partial charge >= 0.3 is 5.97 Å². The van der Waals surface area contributed by atoms with E-state index in [-0.39, 0.29) is 17.9 Å². The van der Waals surface area contributed by atoms with Crippen molar-refractivity contribution < 1.29 is 19.8 Å². The Morgan fingerprint density at radius 3 is 2.24 bits per heavy atom. The van der Waals surface area contributed by atoms with Crippen LogP contribution in [-0.2, 0) is 9.59 Å². The van der Waals surface area contributed by atoms with Gasteiger partial charge in [0.2, 0.25) is 5.91 Å². The molecule has 21 heavy (non-hydrogen) atoms. The number of carbonyl (C=O) groups excluding carboxylic acids is 1. The Labute approximate surface area is 126 Å². The molecule has 3 N–H and O–H groups in total. The summed E-state index contributed by atoms with van der Waals surface area (Å²) in [6.07, 6.45) is 5.56. The fourth-order valence-electron chi connectivity index (χ4n) is 3.76. The zero-order valence-electron chi connectivity index (χ0n) is 12.8. The number of rotatable bonds is 5. The largest absolute Gasteiger partial charge is 0.481 e. The molecule has 3 atom stereocenters. The lowest BCUT2D eigenvalue weighted by Crippen LogP contribution is -2.38. The van der Waals surface area contributed by atoms with E-state index in [9.17, 15) is 19.8 Å². The summed E-state index contributed by atoms with van der Waals surface area (Å²) in [7, 11) is 0. The van der Waals surface area contributed by atoms with Gasteiger partial charge in [-0.1, -0.05) is 13.3 Å². The number of amides is 1. The van der Waals surface area contributed by atoms with Crippen LogP contribution in [0.2, 0.25) is 0 Å². The Bertz CT molecular complexity index is 376. The Balaban J connectivity index is 1.83. The minimum Gasteiger partial charge on any atom is -0.481 e. The summed E-state index contributed by atoms with van der Waals surface area (Å²) in [5.41, 5.74) is 0. The molecule has 0 aromatic heterocycles. The number of aliphatic carboxylic acids is 1. The monoisotopic (exact) mass is 297 g/mol. The van der Waals surface area contributed by atoms with E-state index in [1.807, 2.05) is 0 Å². The predicted octanol–water partition coefficient (Wildman–Crippen LogP) is 1.79. The lowest BCUT2D eigenvalue weighted by Gasteiger charge is -2.26. The third kappa shape index (κ3) is 4.19. The van der Waals surface area contributed by atoms with Crippen LogP contribution in [0.15, 0.2) is 0 Å². The Kier molecular flexibility index (Phi) is 5.62. The van der Waals surface area contributed by atoms with Gasteiger partial charge in [-0.25, -0.2) is 0 Å². The molecule has 0 saturated heterocycles. The lowest BCUT2D eigenvalue weighted by molar-refractivity contribution is -0.146. The molecule has 0 aliphatic heterocycles. The molecule has 2 aliphatic rings. The second-order valence-corrected chi connectivity index (χ2v) is 6.72. The van der Waals surface area contributed by atoms with Gasteiger partial charge < -0.3 is 15.5 Å². The third-order valence-electron chi connectivity index (χ3n) is 5.27. The number of carbonyl (C=O) groups is 2. The van der Waals surface area contributed by atoms with Crippen LogP contribution in [0, 0.1) is 23.7 Å². The fraction of sp³-hybridized carbons (Fsp3) is 0.875. The molecule has 5 heteroatoms. The van der Waals surface area contributed by atoms with E-state index >= 15 is 0 Å². The van der Waals surface area contributed by atoms with Crippen LogP contribution in [0.1, 0.15) is 51.9 Å². The molecular formula is C16H27NO4. The second kappa shape index (κ2) is 7.25. The molecule has 2 aliphatic carbocycles. The molecule has 1 amide bonds. The predicted molar refractivity (Wildman–Crippen MR) is 78.6 cm³/mol. The van der Waals surface area contributed by atoms with Gasteiger partial charge in [0.05, 0.1) is 17.9 Å². The molecule has 2 fully saturated rings. The average molecular weight is 297 g/mol. The maximum absolute atomic E-state index is 12.3. The van der Waals surface area contributed by atoms with Crippen LogP contribution in [0.4, 0.5) is 0 Å². The molecule has 0 aromatic rings. The van der Waals surface area contributed by atoms with Crippen LogP contribution in [0.3, 0.4) is 0 Å². The van der Waals surface area contributed by atoms with Crippen molar-refractivity contribution in [1.29, 1.82) is 0 Å². The zero-order chi connectivity index (χ0) is 15.4. The second-order valence-electron chi connectivity index (χ2n) is 6.72. The van der Waals surface area contributed by atoms with E-state index in [1.165, 1.54) is 0 Å². The van der Waals surface area contributed by atoms with Crippen molar-refractivity contribution in [3.63, 3.8) is 0 Å². The minimum absolute atomic E-state index is 0.0931. The standard InChI is InChI=1S/C16H27NO4/c1-2-10-7-13(14(8-10)16(20)21)15(19)17-9-11-3-5-12(18)6-4-11/h10-14,18H,2-9H2,1H3,(H,17,19)(H,20,21)/t10?,11?,12?,13-,14+/m0/s1. The highest BCUT2D eigenvalue weighted by Crippen LogP contribution is 2.38. The van der Waals surface area contributed by atoms with Crippen molar-refractivity contribution in [2.75, 3.05) is 6.54 Å². The summed E-state index contributed by atoms with van der Waals surface area (Å²) >= 11 is 0. The van der Waals surface area contributed by atoms with Crippen molar-refractivity contribution in [2.24, 2.45) is 23.7 Å². The van der Waals surface area contributed by atoms with Crippen molar-refractivity contribution in [3.8, 4) is 0 Å². The van der Waals surface area contributed by atoms with E-state index in [1.54, 1.807) is 0 Å². The molecule has 0 radical (unpaired) electrons. The van der Waals surface area contributed by atoms with Crippen LogP contribution in [0.25, 0.3) is 0 Å². The van der Waals surface area contributed by atoms with Crippen LogP contribution >= 0.6 is 0 Å². The van der Waals surface area contributed by atoms with Gasteiger partial charge in [0.25, 0.3) is 0 Å². The quantitative estimate of drug-likeness (QED) is 0.722. The number of carboxylic acids is 1. The van der Waals surface area contributed by atoms with Gasteiger partial charge in [-0.15, -0.1) is 0 Å². The fourth-order valence-corrected chi connectivity index (χ4v) is 3.76. The zero-order valence-corrected chi connectivity index (χ0v) is 12.8. The number of carboxylic acid groups (broad SMARTS) is 1. The number of hydrogen-bond acceptors (Lipinski definition) is 3. The topological polar surface area (TPSA) is 86.6 Å². The lowest BCUT2D eigenvalue weighted by atomic mass is 9.87. The number of aliphatic hydroxyl groups excluding tert-OH is 1. The maximum atomic E-state index is 12.3. The first-order valence-corrected chi connectivity index (χ1v) is 8.19. The van der Waals surface area contributed by atoms with Gasteiger partial charge in [-0.3, -0.25) is 9.59 Å². The van der Waals surface area contributed by atoms with Crippen molar-refractivity contribution in [1.82, 2.24) is 5.32 Å². The first-order chi connectivity index (χ1) is 10.0. The van der Waals surface area contributed by atoms with Gasteiger partial charge in [-0.2, -0.15) is 0 Å². The molecular weight excluding hydrogens is 270 g/mol. The summed E-state index contributed by atoms with van der Waals surface area (Å²) in [5.74, 6) is -1.06. The molecule has 5 nitrogen and oxygen atoms in total. The number of nitrogens with one attached hydrogen (secondary N) is 1. The smallest absolute Gasteiger partial charge is 0.307 e. The SMILES string of the molecule is CCC1C[C@H](C(=O)NCC2CCC(O)CC2)[C@H](C(=O)O)C1. The maximum Gasteiger partial charge on any atom is 0.307 e. The van der Waals surface area contributed by atoms with Crippen molar-refractivity contribution in [3.05, 3.63) is 0 Å². The summed E-state index contributed by atoms with van der Waals surface area (Å²) < 4.78 is 0. The Morgan fingerprint density at radius 1 is 1.05 bits per heavy atom. The highest BCUT2D eigenvalue weighted by Gasteiger charge is 2.42. The van der Waals surface area contributed by atoms with Gasteiger partial charge in [0.15, 0.2) is 0 Å². The third-order valence-corrected chi connectivity index (χ3v) is 5.27. The van der Waals surface area contributed by atoms with E-state index in [2.05, 4.69) is 12.2 Å². The summed E-state index contributed by atoms with van der Waals surface area (Å²) in [6, 6.07) is 0. The van der Waals surface area contributed by atoms with E-state index in [0.717, 1.165) is 32.1 Å². The van der Waals surface area contributed by atoms with Crippen LogP contribution in [-0.4, -0.2) is 34.7 Å². The highest BCUT2D eigenvalue weighted by molar-refractivity contribution is 5.85. The minimum atomic E-state index is -0.841. The van der Waals surface area contributed by atoms with Gasteiger partial charge in [0.1, 0.15) is 0 Å². The van der Waals surface area contributed by atoms with Gasteiger partial charge in [0, 0.05) is 6.54 Å². The normalized spacial score (nSPS) is 36.4. The van der Waals surface area contributed by atoms with Crippen LogP contribution in [0.5, 0.6) is 0 Å². The Hall–Kier alpha value is -1.10. The summed E-state index contributed by atoms with van der Waals surface area (Å²) in [4.78, 5) is 23.6. The first-order valence-electron chi connectivity index (χ1n) is 8.19. The first kappa shape index (κ1) is 16.3. The molecule has 0 heterocycles. The van der Waals surface area contributed by atoms with Crippen molar-refractivity contribution >= 4 is 11.9 Å². The molecule has 1 unspecified atom stereocenters. The molecule has 0 aromatic carbocycles. The summed E-state index contributed by atoms with van der Waals surface area (Å²) in [5, 5.41) is 21.7. The number of hydrogen-bond donors (Lipinski definition) is 3. The molecule has 120 valence electrons. The number of aliphatic hydroxyl groups is 1. The molecule has 2 saturated carbocycles. The van der Waals surface area contributed by atoms with E-state index in [0.29, 0.717) is 31.2 Å². The molecule has 0 bridgehead atoms. The average Bonchev–Trinajstić information content (AvgIpc) is 2.91. The van der Waals surface area contributed by atoms with Gasteiger partial charge in [-0.05, 0) is 50.4 Å². The molecule has 0 spiro atoms. The van der Waals surface area contributed by atoms with Crippen LogP contribution < -0.4 is 5.32 Å². The van der Waals surface area contributed by atoms with E-state index < -0.39 is 11.9 Å². The highest BCUT2D eigenvalue weighted by atomic mass is 16.4. The molecule has 2 rings (SSSR count). The van der Waals surface area contributed by atoms with Crippen molar-refractivity contribution in [2.45, 2.75) is 58.0 Å². The van der Waals surface area contributed by atoms with E-state index in [4.69, 9.17) is 0 Å². The summed E-state index contributed by atoms with van der Waals surface area (Å²) in [6.45, 7) is 2.67.